The highest BCUT2D eigenvalue weighted by atomic mass is 35.5. The summed E-state index contributed by atoms with van der Waals surface area (Å²) in [5, 5.41) is 2.90. The summed E-state index contributed by atoms with van der Waals surface area (Å²) in [6.45, 7) is 0.0145. The van der Waals surface area contributed by atoms with Crippen molar-refractivity contribution in [1.29, 1.82) is 0 Å². The Bertz CT molecular complexity index is 656. The van der Waals surface area contributed by atoms with Gasteiger partial charge in [-0.1, -0.05) is 29.3 Å². The van der Waals surface area contributed by atoms with Crippen molar-refractivity contribution in [2.45, 2.75) is 12.7 Å². The van der Waals surface area contributed by atoms with Gasteiger partial charge < -0.3 is 5.32 Å². The molecule has 0 amide bonds. The zero-order chi connectivity index (χ0) is 15.6. The fourth-order valence-electron chi connectivity index (χ4n) is 1.72. The molecule has 1 nitrogen and oxygen atoms in total. The third kappa shape index (κ3) is 4.25. The van der Waals surface area contributed by atoms with E-state index in [1.165, 1.54) is 18.2 Å². The van der Waals surface area contributed by atoms with Gasteiger partial charge in [-0.25, -0.2) is 4.39 Å². The quantitative estimate of drug-likeness (QED) is 0.701. The second-order valence-corrected chi connectivity index (χ2v) is 5.19. The molecule has 1 N–H and O–H groups in total. The fourth-order valence-corrected chi connectivity index (χ4v) is 2.11. The molecule has 0 saturated carbocycles. The summed E-state index contributed by atoms with van der Waals surface area (Å²) in [7, 11) is 0. The van der Waals surface area contributed by atoms with Crippen LogP contribution in [0, 0.1) is 5.82 Å². The second-order valence-electron chi connectivity index (χ2n) is 4.32. The monoisotopic (exact) mass is 337 g/mol. The molecule has 0 aromatic heterocycles. The molecular formula is C14H9Cl2F4N. The average Bonchev–Trinajstić information content (AvgIpc) is 2.36. The molecule has 2 aromatic rings. The van der Waals surface area contributed by atoms with Crippen LogP contribution in [0.4, 0.5) is 23.2 Å². The Hall–Kier alpha value is -1.46. The van der Waals surface area contributed by atoms with Gasteiger partial charge in [-0.3, -0.25) is 0 Å². The van der Waals surface area contributed by atoms with Gasteiger partial charge in [-0.15, -0.1) is 0 Å². The number of nitrogens with one attached hydrogen (secondary N) is 1. The molecule has 112 valence electrons. The van der Waals surface area contributed by atoms with Crippen LogP contribution < -0.4 is 5.32 Å². The SMILES string of the molecule is Fc1cc(Cl)ccc1CNc1cc(Cl)cc(C(F)(F)F)c1. The van der Waals surface area contributed by atoms with E-state index >= 15 is 0 Å². The third-order valence-electron chi connectivity index (χ3n) is 2.72. The van der Waals surface area contributed by atoms with Crippen LogP contribution in [0.5, 0.6) is 0 Å². The van der Waals surface area contributed by atoms with E-state index < -0.39 is 17.6 Å². The van der Waals surface area contributed by atoms with E-state index in [0.29, 0.717) is 0 Å². The summed E-state index contributed by atoms with van der Waals surface area (Å²) in [6, 6.07) is 7.18. The van der Waals surface area contributed by atoms with E-state index in [9.17, 15) is 17.6 Å². The van der Waals surface area contributed by atoms with E-state index in [1.54, 1.807) is 0 Å². The molecule has 0 aliphatic rings. The summed E-state index contributed by atoms with van der Waals surface area (Å²) in [5.74, 6) is -0.534. The van der Waals surface area contributed by atoms with Gasteiger partial charge in [-0.2, -0.15) is 13.2 Å². The van der Waals surface area contributed by atoms with Gasteiger partial charge in [0.15, 0.2) is 0 Å². The average molecular weight is 338 g/mol. The van der Waals surface area contributed by atoms with Gasteiger partial charge in [0.1, 0.15) is 5.82 Å². The molecule has 2 aromatic carbocycles. The van der Waals surface area contributed by atoms with Crippen molar-refractivity contribution >= 4 is 28.9 Å². The van der Waals surface area contributed by atoms with Gasteiger partial charge in [-0.05, 0) is 30.3 Å². The number of hydrogen-bond acceptors (Lipinski definition) is 1. The lowest BCUT2D eigenvalue weighted by Crippen LogP contribution is -2.07. The Morgan fingerprint density at radius 2 is 1.67 bits per heavy atom. The number of alkyl halides is 3. The first-order valence-electron chi connectivity index (χ1n) is 5.81. The number of rotatable bonds is 3. The number of halogens is 6. The zero-order valence-corrected chi connectivity index (χ0v) is 12.0. The van der Waals surface area contributed by atoms with Crippen molar-refractivity contribution in [2.75, 3.05) is 5.32 Å². The molecular weight excluding hydrogens is 329 g/mol. The van der Waals surface area contributed by atoms with Crippen molar-refractivity contribution < 1.29 is 17.6 Å². The molecule has 7 heteroatoms. The van der Waals surface area contributed by atoms with Crippen LogP contribution in [0.2, 0.25) is 10.0 Å². The van der Waals surface area contributed by atoms with Crippen LogP contribution in [-0.2, 0) is 12.7 Å². The Kier molecular flexibility index (Phi) is 4.64. The third-order valence-corrected chi connectivity index (χ3v) is 3.18. The van der Waals surface area contributed by atoms with Crippen molar-refractivity contribution in [2.24, 2.45) is 0 Å². The maximum Gasteiger partial charge on any atom is 0.416 e. The molecule has 0 spiro atoms. The Balaban J connectivity index is 2.18. The van der Waals surface area contributed by atoms with Gasteiger partial charge in [0.05, 0.1) is 5.56 Å². The summed E-state index contributed by atoms with van der Waals surface area (Å²) in [5.41, 5.74) is -0.425. The topological polar surface area (TPSA) is 12.0 Å². The lowest BCUT2D eigenvalue weighted by molar-refractivity contribution is -0.137. The van der Waals surface area contributed by atoms with Crippen LogP contribution in [0.25, 0.3) is 0 Å². The van der Waals surface area contributed by atoms with Crippen LogP contribution in [0.3, 0.4) is 0 Å². The van der Waals surface area contributed by atoms with Crippen molar-refractivity contribution in [3.05, 3.63) is 63.4 Å². The highest BCUT2D eigenvalue weighted by Crippen LogP contribution is 2.33. The lowest BCUT2D eigenvalue weighted by atomic mass is 10.1. The molecule has 0 unspecified atom stereocenters. The number of benzene rings is 2. The lowest BCUT2D eigenvalue weighted by Gasteiger charge is -2.12. The molecule has 0 saturated heterocycles. The summed E-state index contributed by atoms with van der Waals surface area (Å²) in [4.78, 5) is 0. The summed E-state index contributed by atoms with van der Waals surface area (Å²) < 4.78 is 51.5. The maximum atomic E-state index is 13.6. The van der Waals surface area contributed by atoms with E-state index in [2.05, 4.69) is 5.32 Å². The van der Waals surface area contributed by atoms with Gasteiger partial charge in [0.2, 0.25) is 0 Å². The predicted molar refractivity (Wildman–Crippen MR) is 75.2 cm³/mol. The van der Waals surface area contributed by atoms with Crippen molar-refractivity contribution in [3.63, 3.8) is 0 Å². The van der Waals surface area contributed by atoms with Crippen LogP contribution >= 0.6 is 23.2 Å². The first kappa shape index (κ1) is 15.9. The summed E-state index contributed by atoms with van der Waals surface area (Å²) >= 11 is 11.3. The van der Waals surface area contributed by atoms with E-state index in [0.717, 1.165) is 18.2 Å². The smallest absolute Gasteiger partial charge is 0.381 e. The zero-order valence-electron chi connectivity index (χ0n) is 10.4. The highest BCUT2D eigenvalue weighted by Gasteiger charge is 2.31. The normalized spacial score (nSPS) is 11.5. The Morgan fingerprint density at radius 1 is 0.952 bits per heavy atom. The van der Waals surface area contributed by atoms with Crippen molar-refractivity contribution in [1.82, 2.24) is 0 Å². The molecule has 0 radical (unpaired) electrons. The fraction of sp³-hybridized carbons (Fsp3) is 0.143. The minimum absolute atomic E-state index is 0.0145. The summed E-state index contributed by atoms with van der Waals surface area (Å²) in [6.07, 6.45) is -4.49. The molecule has 0 aliphatic carbocycles. The highest BCUT2D eigenvalue weighted by molar-refractivity contribution is 6.31. The first-order valence-corrected chi connectivity index (χ1v) is 6.57. The maximum absolute atomic E-state index is 13.6. The largest absolute Gasteiger partial charge is 0.416 e. The molecule has 0 atom stereocenters. The van der Waals surface area contributed by atoms with E-state index in [4.69, 9.17) is 23.2 Å². The molecule has 0 bridgehead atoms. The molecule has 0 aliphatic heterocycles. The van der Waals surface area contributed by atoms with Gasteiger partial charge in [0.25, 0.3) is 0 Å². The van der Waals surface area contributed by atoms with Crippen LogP contribution in [0.15, 0.2) is 36.4 Å². The molecule has 0 fully saturated rings. The van der Waals surface area contributed by atoms with Crippen LogP contribution in [-0.4, -0.2) is 0 Å². The molecule has 2 rings (SSSR count). The number of hydrogen-bond donors (Lipinski definition) is 1. The van der Waals surface area contributed by atoms with E-state index in [1.807, 2.05) is 0 Å². The first-order chi connectivity index (χ1) is 9.75. The second kappa shape index (κ2) is 6.12. The van der Waals surface area contributed by atoms with Gasteiger partial charge in [0, 0.05) is 27.8 Å². The molecule has 0 heterocycles. The van der Waals surface area contributed by atoms with E-state index in [-0.39, 0.29) is 27.8 Å². The predicted octanol–water partition coefficient (Wildman–Crippen LogP) is 5.76. The number of anilines is 1. The minimum atomic E-state index is -4.49. The molecule has 21 heavy (non-hydrogen) atoms. The Labute approximate surface area is 128 Å². The standard InChI is InChI=1S/C14H9Cl2F4N/c15-10-2-1-8(13(17)6-10)7-21-12-4-9(14(18,19)20)3-11(16)5-12/h1-6,21H,7H2. The van der Waals surface area contributed by atoms with Crippen molar-refractivity contribution in [3.8, 4) is 0 Å². The van der Waals surface area contributed by atoms with Crippen LogP contribution in [0.1, 0.15) is 11.1 Å². The Morgan fingerprint density at radius 3 is 2.29 bits per heavy atom. The van der Waals surface area contributed by atoms with Gasteiger partial charge >= 0.3 is 6.18 Å². The minimum Gasteiger partial charge on any atom is -0.381 e.